The summed E-state index contributed by atoms with van der Waals surface area (Å²) in [5.74, 6) is -0.305. The molecule has 2 heterocycles. The highest BCUT2D eigenvalue weighted by molar-refractivity contribution is 7.15. The lowest BCUT2D eigenvalue weighted by Crippen LogP contribution is -2.03. The number of aromatic nitrogens is 1. The number of benzene rings is 1. The Hall–Kier alpha value is -2.80. The van der Waals surface area contributed by atoms with Gasteiger partial charge in [-0.05, 0) is 43.3 Å². The highest BCUT2D eigenvalue weighted by atomic mass is 32.1. The molecule has 0 fully saturated rings. The summed E-state index contributed by atoms with van der Waals surface area (Å²) in [6.07, 6.45) is 1.48. The molecular formula is C17H12FNO4S. The summed E-state index contributed by atoms with van der Waals surface area (Å²) in [4.78, 5) is 28.0. The van der Waals surface area contributed by atoms with Gasteiger partial charge in [-0.25, -0.2) is 14.2 Å². The number of ketones is 1. The molecular weight excluding hydrogens is 333 g/mol. The van der Waals surface area contributed by atoms with Gasteiger partial charge in [-0.1, -0.05) is 0 Å². The van der Waals surface area contributed by atoms with E-state index >= 15 is 0 Å². The quantitative estimate of drug-likeness (QED) is 0.514. The number of hydrogen-bond acceptors (Lipinski definition) is 6. The van der Waals surface area contributed by atoms with Crippen LogP contribution in [0.15, 0.2) is 47.0 Å². The SMILES string of the molecule is CC(=O)c1ccc(C(=O)OCc2ncc(-c3ccc(F)cc3)o2)s1. The Morgan fingerprint density at radius 2 is 1.88 bits per heavy atom. The summed E-state index contributed by atoms with van der Waals surface area (Å²) in [6, 6.07) is 8.91. The average Bonchev–Trinajstić information content (AvgIpc) is 3.23. The van der Waals surface area contributed by atoms with Crippen LogP contribution in [-0.4, -0.2) is 16.7 Å². The molecule has 5 nitrogen and oxygen atoms in total. The predicted octanol–water partition coefficient (Wildman–Crippen LogP) is 4.10. The number of hydrogen-bond donors (Lipinski definition) is 0. The molecule has 0 saturated carbocycles. The van der Waals surface area contributed by atoms with E-state index in [1.165, 1.54) is 25.3 Å². The first-order valence-electron chi connectivity index (χ1n) is 7.01. The van der Waals surface area contributed by atoms with Gasteiger partial charge in [0.15, 0.2) is 18.2 Å². The first-order valence-corrected chi connectivity index (χ1v) is 7.83. The molecule has 0 unspecified atom stereocenters. The number of thiophene rings is 1. The first-order chi connectivity index (χ1) is 11.5. The second kappa shape index (κ2) is 6.76. The third-order valence-electron chi connectivity index (χ3n) is 3.16. The summed E-state index contributed by atoms with van der Waals surface area (Å²) < 4.78 is 23.5. The molecule has 0 saturated heterocycles. The van der Waals surface area contributed by atoms with Gasteiger partial charge in [-0.15, -0.1) is 11.3 Å². The fourth-order valence-electron chi connectivity index (χ4n) is 1.96. The molecule has 0 spiro atoms. The molecule has 0 aliphatic rings. The number of carbonyl (C=O) groups excluding carboxylic acids is 2. The van der Waals surface area contributed by atoms with Crippen LogP contribution >= 0.6 is 11.3 Å². The smallest absolute Gasteiger partial charge is 0.348 e. The minimum Gasteiger partial charge on any atom is -0.451 e. The molecule has 0 atom stereocenters. The Balaban J connectivity index is 1.63. The molecule has 0 bridgehead atoms. The van der Waals surface area contributed by atoms with E-state index in [1.54, 1.807) is 24.3 Å². The van der Waals surface area contributed by atoms with Crippen molar-refractivity contribution in [3.8, 4) is 11.3 Å². The molecule has 7 heteroatoms. The Kier molecular flexibility index (Phi) is 4.52. The van der Waals surface area contributed by atoms with Crippen molar-refractivity contribution < 1.29 is 23.1 Å². The van der Waals surface area contributed by atoms with Crippen LogP contribution in [0.3, 0.4) is 0 Å². The minimum atomic E-state index is -0.547. The Morgan fingerprint density at radius 1 is 1.17 bits per heavy atom. The lowest BCUT2D eigenvalue weighted by Gasteiger charge is -2.00. The normalized spacial score (nSPS) is 10.6. The van der Waals surface area contributed by atoms with Gasteiger partial charge in [-0.2, -0.15) is 0 Å². The van der Waals surface area contributed by atoms with E-state index in [4.69, 9.17) is 9.15 Å². The van der Waals surface area contributed by atoms with E-state index in [0.29, 0.717) is 21.1 Å². The average molecular weight is 345 g/mol. The third-order valence-corrected chi connectivity index (χ3v) is 4.33. The summed E-state index contributed by atoms with van der Waals surface area (Å²) in [7, 11) is 0. The number of oxazole rings is 1. The van der Waals surface area contributed by atoms with Crippen molar-refractivity contribution in [2.45, 2.75) is 13.5 Å². The number of Topliss-reactive ketones (excluding diaryl/α,β-unsaturated/α-hetero) is 1. The van der Waals surface area contributed by atoms with Gasteiger partial charge in [-0.3, -0.25) is 4.79 Å². The Morgan fingerprint density at radius 3 is 2.54 bits per heavy atom. The van der Waals surface area contributed by atoms with E-state index in [9.17, 15) is 14.0 Å². The van der Waals surface area contributed by atoms with E-state index < -0.39 is 5.97 Å². The van der Waals surface area contributed by atoms with Crippen molar-refractivity contribution in [1.29, 1.82) is 0 Å². The largest absolute Gasteiger partial charge is 0.451 e. The third kappa shape index (κ3) is 3.57. The molecule has 0 aliphatic carbocycles. The van der Waals surface area contributed by atoms with Crippen LogP contribution < -0.4 is 0 Å². The summed E-state index contributed by atoms with van der Waals surface area (Å²) in [5, 5.41) is 0. The Bertz CT molecular complexity index is 882. The van der Waals surface area contributed by atoms with Crippen LogP contribution in [0, 0.1) is 5.82 Å². The maximum absolute atomic E-state index is 12.9. The number of rotatable bonds is 5. The fraction of sp³-hybridized carbons (Fsp3) is 0.118. The van der Waals surface area contributed by atoms with Gasteiger partial charge in [0.1, 0.15) is 10.7 Å². The summed E-state index contributed by atoms with van der Waals surface area (Å²) >= 11 is 1.08. The monoisotopic (exact) mass is 345 g/mol. The standard InChI is InChI=1S/C17H12FNO4S/c1-10(20)14-6-7-15(24-14)17(21)22-9-16-19-8-13(23-16)11-2-4-12(18)5-3-11/h2-8H,9H2,1H3. The molecule has 0 radical (unpaired) electrons. The molecule has 24 heavy (non-hydrogen) atoms. The van der Waals surface area contributed by atoms with Crippen LogP contribution in [0.5, 0.6) is 0 Å². The maximum atomic E-state index is 12.9. The van der Waals surface area contributed by atoms with Gasteiger partial charge in [0.25, 0.3) is 0 Å². The van der Waals surface area contributed by atoms with Gasteiger partial charge < -0.3 is 9.15 Å². The van der Waals surface area contributed by atoms with Crippen LogP contribution in [-0.2, 0) is 11.3 Å². The lowest BCUT2D eigenvalue weighted by atomic mass is 10.2. The van der Waals surface area contributed by atoms with Gasteiger partial charge in [0, 0.05) is 5.56 Å². The fourth-order valence-corrected chi connectivity index (χ4v) is 2.75. The van der Waals surface area contributed by atoms with E-state index in [2.05, 4.69) is 4.98 Å². The van der Waals surface area contributed by atoms with Crippen molar-refractivity contribution in [1.82, 2.24) is 4.98 Å². The van der Waals surface area contributed by atoms with Gasteiger partial charge in [0.2, 0.25) is 5.89 Å². The van der Waals surface area contributed by atoms with Crippen molar-refractivity contribution >= 4 is 23.1 Å². The zero-order valence-electron chi connectivity index (χ0n) is 12.6. The molecule has 1 aromatic carbocycles. The molecule has 3 aromatic rings. The number of esters is 1. The molecule has 2 aromatic heterocycles. The van der Waals surface area contributed by atoms with E-state index in [0.717, 1.165) is 11.3 Å². The number of nitrogens with zero attached hydrogens (tertiary/aromatic N) is 1. The molecule has 3 rings (SSSR count). The van der Waals surface area contributed by atoms with Gasteiger partial charge >= 0.3 is 5.97 Å². The van der Waals surface area contributed by atoms with Crippen LogP contribution in [0.2, 0.25) is 0 Å². The molecule has 122 valence electrons. The van der Waals surface area contributed by atoms with Crippen LogP contribution in [0.4, 0.5) is 4.39 Å². The summed E-state index contributed by atoms with van der Waals surface area (Å²) in [5.41, 5.74) is 0.672. The molecule has 0 amide bonds. The highest BCUT2D eigenvalue weighted by Gasteiger charge is 2.14. The second-order valence-electron chi connectivity index (χ2n) is 4.92. The predicted molar refractivity (Wildman–Crippen MR) is 85.3 cm³/mol. The number of carbonyl (C=O) groups is 2. The summed E-state index contributed by atoms with van der Waals surface area (Å²) in [6.45, 7) is 1.30. The maximum Gasteiger partial charge on any atom is 0.348 e. The van der Waals surface area contributed by atoms with Crippen LogP contribution in [0.25, 0.3) is 11.3 Å². The minimum absolute atomic E-state index is 0.101. The number of ether oxygens (including phenoxy) is 1. The topological polar surface area (TPSA) is 69.4 Å². The van der Waals surface area contributed by atoms with E-state index in [-0.39, 0.29) is 24.1 Å². The number of halogens is 1. The first kappa shape index (κ1) is 16.1. The Labute approximate surface area is 140 Å². The van der Waals surface area contributed by atoms with Crippen molar-refractivity contribution in [3.05, 3.63) is 64.1 Å². The zero-order valence-corrected chi connectivity index (χ0v) is 13.4. The zero-order chi connectivity index (χ0) is 17.1. The lowest BCUT2D eigenvalue weighted by molar-refractivity contribution is 0.0444. The second-order valence-corrected chi connectivity index (χ2v) is 6.01. The van der Waals surface area contributed by atoms with E-state index in [1.807, 2.05) is 0 Å². The van der Waals surface area contributed by atoms with Crippen molar-refractivity contribution in [2.24, 2.45) is 0 Å². The van der Waals surface area contributed by atoms with Crippen LogP contribution in [0.1, 0.15) is 32.2 Å². The molecule has 0 aliphatic heterocycles. The van der Waals surface area contributed by atoms with Crippen molar-refractivity contribution in [3.63, 3.8) is 0 Å². The molecule has 0 N–H and O–H groups in total. The van der Waals surface area contributed by atoms with Gasteiger partial charge in [0.05, 0.1) is 11.1 Å². The highest BCUT2D eigenvalue weighted by Crippen LogP contribution is 2.22. The van der Waals surface area contributed by atoms with Crippen molar-refractivity contribution in [2.75, 3.05) is 0 Å².